The van der Waals surface area contributed by atoms with Gasteiger partial charge in [0.2, 0.25) is 0 Å². The van der Waals surface area contributed by atoms with Crippen molar-refractivity contribution in [1.82, 2.24) is 0 Å². The standard InChI is InChI=1S/C13H19BrO2/c1-4-5-10(2)16-9-11-8-12(14)6-7-13(11)15-3/h6-8,10H,4-5,9H2,1-3H3. The molecule has 0 aliphatic heterocycles. The molecule has 0 saturated heterocycles. The highest BCUT2D eigenvalue weighted by Crippen LogP contribution is 2.24. The molecule has 0 bridgehead atoms. The lowest BCUT2D eigenvalue weighted by Gasteiger charge is -2.14. The Morgan fingerprint density at radius 1 is 1.38 bits per heavy atom. The molecule has 1 atom stereocenters. The van der Waals surface area contributed by atoms with Gasteiger partial charge in [0.1, 0.15) is 5.75 Å². The molecule has 16 heavy (non-hydrogen) atoms. The van der Waals surface area contributed by atoms with Gasteiger partial charge in [-0.25, -0.2) is 0 Å². The number of methoxy groups -OCH3 is 1. The molecule has 0 fully saturated rings. The van der Waals surface area contributed by atoms with Crippen LogP contribution in [0.2, 0.25) is 0 Å². The van der Waals surface area contributed by atoms with Crippen molar-refractivity contribution in [2.45, 2.75) is 39.4 Å². The second-order valence-electron chi connectivity index (χ2n) is 3.87. The summed E-state index contributed by atoms with van der Waals surface area (Å²) < 4.78 is 12.1. The van der Waals surface area contributed by atoms with Gasteiger partial charge in [0.15, 0.2) is 0 Å². The Hall–Kier alpha value is -0.540. The van der Waals surface area contributed by atoms with Crippen LogP contribution in [0.15, 0.2) is 22.7 Å². The molecule has 0 saturated carbocycles. The summed E-state index contributed by atoms with van der Waals surface area (Å²) in [6.45, 7) is 4.87. The summed E-state index contributed by atoms with van der Waals surface area (Å²) >= 11 is 3.45. The normalized spacial score (nSPS) is 12.5. The van der Waals surface area contributed by atoms with Gasteiger partial charge in [-0.05, 0) is 31.5 Å². The van der Waals surface area contributed by atoms with E-state index in [4.69, 9.17) is 9.47 Å². The van der Waals surface area contributed by atoms with Gasteiger partial charge in [-0.15, -0.1) is 0 Å². The monoisotopic (exact) mass is 286 g/mol. The highest BCUT2D eigenvalue weighted by molar-refractivity contribution is 9.10. The molecule has 3 heteroatoms. The van der Waals surface area contributed by atoms with Crippen LogP contribution in [0.5, 0.6) is 5.75 Å². The second kappa shape index (κ2) is 6.92. The first kappa shape index (κ1) is 13.5. The van der Waals surface area contributed by atoms with Crippen LogP contribution in [0.3, 0.4) is 0 Å². The molecule has 0 amide bonds. The maximum Gasteiger partial charge on any atom is 0.124 e. The van der Waals surface area contributed by atoms with Crippen molar-refractivity contribution < 1.29 is 9.47 Å². The Balaban J connectivity index is 2.61. The van der Waals surface area contributed by atoms with Gasteiger partial charge in [0.05, 0.1) is 19.8 Å². The predicted octanol–water partition coefficient (Wildman–Crippen LogP) is 4.16. The van der Waals surface area contributed by atoms with Gasteiger partial charge >= 0.3 is 0 Å². The lowest BCUT2D eigenvalue weighted by atomic mass is 10.2. The zero-order chi connectivity index (χ0) is 12.0. The number of hydrogen-bond donors (Lipinski definition) is 0. The van der Waals surface area contributed by atoms with Crippen molar-refractivity contribution in [3.05, 3.63) is 28.2 Å². The highest BCUT2D eigenvalue weighted by atomic mass is 79.9. The fourth-order valence-corrected chi connectivity index (χ4v) is 1.99. The van der Waals surface area contributed by atoms with E-state index in [2.05, 4.69) is 29.8 Å². The fourth-order valence-electron chi connectivity index (χ4n) is 1.58. The average molecular weight is 287 g/mol. The SMILES string of the molecule is CCCC(C)OCc1cc(Br)ccc1OC. The van der Waals surface area contributed by atoms with E-state index in [0.717, 1.165) is 28.6 Å². The maximum atomic E-state index is 5.77. The number of halogens is 1. The Labute approximate surface area is 106 Å². The molecule has 0 aromatic heterocycles. The van der Waals surface area contributed by atoms with Crippen LogP contribution in [0.25, 0.3) is 0 Å². The Morgan fingerprint density at radius 2 is 2.12 bits per heavy atom. The molecule has 1 unspecified atom stereocenters. The lowest BCUT2D eigenvalue weighted by Crippen LogP contribution is -2.08. The Bertz CT molecular complexity index is 326. The van der Waals surface area contributed by atoms with Gasteiger partial charge in [0.25, 0.3) is 0 Å². The quantitative estimate of drug-likeness (QED) is 0.782. The van der Waals surface area contributed by atoms with Gasteiger partial charge in [-0.1, -0.05) is 29.3 Å². The molecule has 1 rings (SSSR count). The van der Waals surface area contributed by atoms with Crippen LogP contribution < -0.4 is 4.74 Å². The third-order valence-electron chi connectivity index (χ3n) is 2.46. The highest BCUT2D eigenvalue weighted by Gasteiger charge is 2.06. The molecule has 90 valence electrons. The van der Waals surface area contributed by atoms with Gasteiger partial charge in [-0.2, -0.15) is 0 Å². The molecule has 0 aliphatic carbocycles. The fraction of sp³-hybridized carbons (Fsp3) is 0.538. The van der Waals surface area contributed by atoms with E-state index in [-0.39, 0.29) is 0 Å². The molecular weight excluding hydrogens is 268 g/mol. The van der Waals surface area contributed by atoms with Crippen LogP contribution in [0.4, 0.5) is 0 Å². The molecule has 0 spiro atoms. The summed E-state index contributed by atoms with van der Waals surface area (Å²) in [6, 6.07) is 5.96. The topological polar surface area (TPSA) is 18.5 Å². The Kier molecular flexibility index (Phi) is 5.85. The third-order valence-corrected chi connectivity index (χ3v) is 2.95. The largest absolute Gasteiger partial charge is 0.496 e. The summed E-state index contributed by atoms with van der Waals surface area (Å²) in [6.07, 6.45) is 2.54. The summed E-state index contributed by atoms with van der Waals surface area (Å²) in [4.78, 5) is 0. The molecule has 0 heterocycles. The van der Waals surface area contributed by atoms with E-state index >= 15 is 0 Å². The summed E-state index contributed by atoms with van der Waals surface area (Å²) in [5.41, 5.74) is 1.08. The number of ether oxygens (including phenoxy) is 2. The van der Waals surface area contributed by atoms with E-state index in [1.807, 2.05) is 18.2 Å². The zero-order valence-corrected chi connectivity index (χ0v) is 11.7. The molecule has 0 N–H and O–H groups in total. The van der Waals surface area contributed by atoms with Crippen LogP contribution in [0.1, 0.15) is 32.3 Å². The van der Waals surface area contributed by atoms with Crippen LogP contribution in [-0.4, -0.2) is 13.2 Å². The van der Waals surface area contributed by atoms with E-state index in [1.54, 1.807) is 7.11 Å². The van der Waals surface area contributed by atoms with E-state index in [0.29, 0.717) is 12.7 Å². The van der Waals surface area contributed by atoms with Crippen molar-refractivity contribution >= 4 is 15.9 Å². The molecule has 0 aliphatic rings. The molecule has 2 nitrogen and oxygen atoms in total. The molecular formula is C13H19BrO2. The summed E-state index contributed by atoms with van der Waals surface area (Å²) in [7, 11) is 1.68. The second-order valence-corrected chi connectivity index (χ2v) is 4.78. The molecule has 1 aromatic carbocycles. The van der Waals surface area contributed by atoms with Crippen molar-refractivity contribution in [3.8, 4) is 5.75 Å². The van der Waals surface area contributed by atoms with Crippen molar-refractivity contribution in [2.24, 2.45) is 0 Å². The smallest absolute Gasteiger partial charge is 0.124 e. The van der Waals surface area contributed by atoms with Crippen molar-refractivity contribution in [3.63, 3.8) is 0 Å². The van der Waals surface area contributed by atoms with Crippen molar-refractivity contribution in [2.75, 3.05) is 7.11 Å². The number of rotatable bonds is 6. The molecule has 0 radical (unpaired) electrons. The zero-order valence-electron chi connectivity index (χ0n) is 10.1. The number of benzene rings is 1. The minimum atomic E-state index is 0.300. The van der Waals surface area contributed by atoms with E-state index in [1.165, 1.54) is 0 Å². The van der Waals surface area contributed by atoms with Gasteiger partial charge in [-0.3, -0.25) is 0 Å². The molecule has 1 aromatic rings. The minimum Gasteiger partial charge on any atom is -0.496 e. The van der Waals surface area contributed by atoms with E-state index < -0.39 is 0 Å². The Morgan fingerprint density at radius 3 is 2.75 bits per heavy atom. The predicted molar refractivity (Wildman–Crippen MR) is 69.9 cm³/mol. The van der Waals surface area contributed by atoms with Crippen LogP contribution >= 0.6 is 15.9 Å². The average Bonchev–Trinajstić information content (AvgIpc) is 2.27. The van der Waals surface area contributed by atoms with Gasteiger partial charge < -0.3 is 9.47 Å². The van der Waals surface area contributed by atoms with Crippen LogP contribution in [0, 0.1) is 0 Å². The first-order valence-electron chi connectivity index (χ1n) is 5.61. The summed E-state index contributed by atoms with van der Waals surface area (Å²) in [5.74, 6) is 0.881. The first-order chi connectivity index (χ1) is 7.67. The summed E-state index contributed by atoms with van der Waals surface area (Å²) in [5, 5.41) is 0. The first-order valence-corrected chi connectivity index (χ1v) is 6.40. The van der Waals surface area contributed by atoms with E-state index in [9.17, 15) is 0 Å². The third kappa shape index (κ3) is 4.14. The van der Waals surface area contributed by atoms with Gasteiger partial charge in [0, 0.05) is 10.0 Å². The lowest BCUT2D eigenvalue weighted by molar-refractivity contribution is 0.0461. The minimum absolute atomic E-state index is 0.300. The maximum absolute atomic E-state index is 5.77. The number of hydrogen-bond acceptors (Lipinski definition) is 2. The van der Waals surface area contributed by atoms with Crippen LogP contribution in [-0.2, 0) is 11.3 Å². The van der Waals surface area contributed by atoms with Crippen molar-refractivity contribution in [1.29, 1.82) is 0 Å².